The van der Waals surface area contributed by atoms with E-state index in [9.17, 15) is 29.1 Å². The molecule has 350 valence electrons. The molecule has 7 aromatic rings. The fraction of sp³-hybridized carbons (Fsp3) is 0.255. The average molecular weight is 952 g/mol. The molecule has 17 heteroatoms. The van der Waals surface area contributed by atoms with Crippen LogP contribution in [-0.2, 0) is 49.7 Å². The van der Waals surface area contributed by atoms with Gasteiger partial charge >= 0.3 is 0 Å². The second kappa shape index (κ2) is 24.5. The molecule has 4 atom stereocenters. The highest BCUT2D eigenvalue weighted by atomic mass is 33.1. The largest absolute Gasteiger partial charge is 0.508 e. The predicted molar refractivity (Wildman–Crippen MR) is 265 cm³/mol. The van der Waals surface area contributed by atoms with Crippen LogP contribution in [0.3, 0.4) is 0 Å². The minimum atomic E-state index is -1.20. The third-order valence-corrected chi connectivity index (χ3v) is 13.3. The van der Waals surface area contributed by atoms with Gasteiger partial charge in [0.05, 0.1) is 12.7 Å². The molecule has 68 heavy (non-hydrogen) atoms. The summed E-state index contributed by atoms with van der Waals surface area (Å²) in [4.78, 5) is 86.2. The first-order valence-corrected chi connectivity index (χ1v) is 24.7. The van der Waals surface area contributed by atoms with Crippen LogP contribution in [0.1, 0.15) is 42.0 Å². The Morgan fingerprint density at radius 1 is 0.603 bits per heavy atom. The van der Waals surface area contributed by atoms with E-state index in [1.807, 2.05) is 110 Å². The number of nitrogens with zero attached hydrogens (tertiary/aromatic N) is 3. The van der Waals surface area contributed by atoms with Gasteiger partial charge in [-0.25, -0.2) is 15.0 Å². The molecule has 5 aromatic carbocycles. The molecule has 7 rings (SSSR count). The Bertz CT molecular complexity index is 2800. The maximum absolute atomic E-state index is 14.6. The smallest absolute Gasteiger partial charge is 0.243 e. The van der Waals surface area contributed by atoms with Gasteiger partial charge in [0.2, 0.25) is 29.5 Å². The number of aromatic nitrogens is 4. The van der Waals surface area contributed by atoms with E-state index in [0.29, 0.717) is 36.3 Å². The second-order valence-corrected chi connectivity index (χ2v) is 18.6. The van der Waals surface area contributed by atoms with Gasteiger partial charge in [0.25, 0.3) is 0 Å². The van der Waals surface area contributed by atoms with Gasteiger partial charge in [0, 0.05) is 31.6 Å². The number of amides is 5. The molecule has 4 unspecified atom stereocenters. The highest BCUT2D eigenvalue weighted by molar-refractivity contribution is 8.76. The molecule has 0 aliphatic carbocycles. The third kappa shape index (κ3) is 14.1. The average Bonchev–Trinajstić information content (AvgIpc) is 3.84. The maximum Gasteiger partial charge on any atom is 0.243 e. The molecule has 0 saturated heterocycles. The molecule has 0 saturated carbocycles. The summed E-state index contributed by atoms with van der Waals surface area (Å²) in [6.45, 7) is 2.22. The Hall–Kier alpha value is -7.24. The molecule has 15 nitrogen and oxygen atoms in total. The van der Waals surface area contributed by atoms with E-state index >= 15 is 0 Å². The minimum absolute atomic E-state index is 0.00624. The Labute approximate surface area is 401 Å². The van der Waals surface area contributed by atoms with E-state index in [1.54, 1.807) is 18.5 Å². The summed E-state index contributed by atoms with van der Waals surface area (Å²) in [5, 5.41) is 27.3. The van der Waals surface area contributed by atoms with Crippen LogP contribution in [0, 0.1) is 0 Å². The minimum Gasteiger partial charge on any atom is -0.508 e. The molecule has 0 aliphatic rings. The van der Waals surface area contributed by atoms with Crippen molar-refractivity contribution in [2.45, 2.75) is 74.6 Å². The van der Waals surface area contributed by atoms with E-state index in [2.05, 4.69) is 46.5 Å². The van der Waals surface area contributed by atoms with Crippen LogP contribution >= 0.6 is 21.6 Å². The quantitative estimate of drug-likeness (QED) is 0.0232. The normalized spacial score (nSPS) is 12.9. The number of phenols is 1. The van der Waals surface area contributed by atoms with Gasteiger partial charge in [-0.05, 0) is 62.4 Å². The molecular formula is C51H53N9O6S2. The van der Waals surface area contributed by atoms with Crippen LogP contribution in [0.25, 0.3) is 21.9 Å². The van der Waals surface area contributed by atoms with Gasteiger partial charge in [-0.2, -0.15) is 0 Å². The molecule has 0 fully saturated rings. The van der Waals surface area contributed by atoms with Crippen molar-refractivity contribution in [2.24, 2.45) is 0 Å². The zero-order chi connectivity index (χ0) is 47.7. The molecule has 7 N–H and O–H groups in total. The number of imidazole rings is 1. The van der Waals surface area contributed by atoms with E-state index < -0.39 is 41.9 Å². The van der Waals surface area contributed by atoms with E-state index in [1.165, 1.54) is 40.0 Å². The topological polar surface area (TPSA) is 220 Å². The van der Waals surface area contributed by atoms with E-state index in [0.717, 1.165) is 38.0 Å². The van der Waals surface area contributed by atoms with Crippen molar-refractivity contribution in [3.63, 3.8) is 0 Å². The summed E-state index contributed by atoms with van der Waals surface area (Å²) in [6, 6.07) is 34.0. The SMILES string of the molecule is CCCC(NC(=O)C(Cc1ccc(O)cc1)NC(=O)C(Cc1ccccc1)NC(=O)C(Cc1ccccc1)NC(=O)Cc1ccc2ccccc2c1)C(=O)NCCSSc1ncnc2nc[nH]c12. The molecule has 5 amide bonds. The number of H-pyrrole nitrogens is 1. The number of hydrogen-bond acceptors (Lipinski definition) is 11. The molecule has 0 spiro atoms. The number of fused-ring (bicyclic) bond motifs is 2. The van der Waals surface area contributed by atoms with Crippen LogP contribution in [0.2, 0.25) is 0 Å². The lowest BCUT2D eigenvalue weighted by molar-refractivity contribution is -0.134. The van der Waals surface area contributed by atoms with Crippen molar-refractivity contribution in [1.29, 1.82) is 0 Å². The second-order valence-electron chi connectivity index (χ2n) is 16.2. The number of nitrogens with one attached hydrogen (secondary N) is 6. The summed E-state index contributed by atoms with van der Waals surface area (Å²) in [6.07, 6.45) is 4.17. The van der Waals surface area contributed by atoms with Gasteiger partial charge in [0.15, 0.2) is 5.65 Å². The molecule has 0 bridgehead atoms. The zero-order valence-electron chi connectivity index (χ0n) is 37.4. The molecule has 0 radical (unpaired) electrons. The van der Waals surface area contributed by atoms with Crippen molar-refractivity contribution < 1.29 is 29.1 Å². The number of carbonyl (C=O) groups is 5. The fourth-order valence-corrected chi connectivity index (χ4v) is 9.51. The van der Waals surface area contributed by atoms with E-state index in [-0.39, 0.29) is 43.2 Å². The number of carbonyl (C=O) groups excluding carboxylic acids is 5. The van der Waals surface area contributed by atoms with Gasteiger partial charge in [-0.1, -0.05) is 139 Å². The third-order valence-electron chi connectivity index (χ3n) is 11.1. The van der Waals surface area contributed by atoms with Crippen LogP contribution in [0.4, 0.5) is 0 Å². The van der Waals surface area contributed by atoms with Gasteiger partial charge in [-0.3, -0.25) is 24.0 Å². The highest BCUT2D eigenvalue weighted by Gasteiger charge is 2.32. The summed E-state index contributed by atoms with van der Waals surface area (Å²) >= 11 is 0. The number of hydrogen-bond donors (Lipinski definition) is 7. The Kier molecular flexibility index (Phi) is 17.5. The van der Waals surface area contributed by atoms with Crippen molar-refractivity contribution in [2.75, 3.05) is 12.3 Å². The Morgan fingerprint density at radius 3 is 1.79 bits per heavy atom. The summed E-state index contributed by atoms with van der Waals surface area (Å²) in [7, 11) is 2.92. The molecular weight excluding hydrogens is 899 g/mol. The summed E-state index contributed by atoms with van der Waals surface area (Å²) < 4.78 is 0. The number of rotatable bonds is 23. The molecule has 2 aromatic heterocycles. The number of aromatic amines is 1. The summed E-state index contributed by atoms with van der Waals surface area (Å²) in [5.41, 5.74) is 4.25. The van der Waals surface area contributed by atoms with Gasteiger partial charge in [0.1, 0.15) is 46.8 Å². The lowest BCUT2D eigenvalue weighted by atomic mass is 10.0. The lowest BCUT2D eigenvalue weighted by Crippen LogP contribution is -2.59. The van der Waals surface area contributed by atoms with Crippen molar-refractivity contribution in [3.05, 3.63) is 162 Å². The van der Waals surface area contributed by atoms with Crippen LogP contribution in [-0.4, -0.2) is 91.0 Å². The zero-order valence-corrected chi connectivity index (χ0v) is 39.0. The monoisotopic (exact) mass is 951 g/mol. The Balaban J connectivity index is 1.05. The Morgan fingerprint density at radius 2 is 1.16 bits per heavy atom. The first-order valence-electron chi connectivity index (χ1n) is 22.4. The molecule has 0 aliphatic heterocycles. The lowest BCUT2D eigenvalue weighted by Gasteiger charge is -2.27. The highest BCUT2D eigenvalue weighted by Crippen LogP contribution is 2.32. The molecule has 2 heterocycles. The van der Waals surface area contributed by atoms with Crippen molar-refractivity contribution in [1.82, 2.24) is 46.5 Å². The predicted octanol–water partition coefficient (Wildman–Crippen LogP) is 5.78. The number of phenolic OH excluding ortho intramolecular Hbond substituents is 1. The van der Waals surface area contributed by atoms with Crippen molar-refractivity contribution in [3.8, 4) is 5.75 Å². The maximum atomic E-state index is 14.6. The fourth-order valence-electron chi connectivity index (χ4n) is 7.59. The van der Waals surface area contributed by atoms with E-state index in [4.69, 9.17) is 0 Å². The van der Waals surface area contributed by atoms with Crippen LogP contribution < -0.4 is 26.6 Å². The van der Waals surface area contributed by atoms with Crippen LogP contribution in [0.15, 0.2) is 145 Å². The number of benzene rings is 5. The van der Waals surface area contributed by atoms with Crippen LogP contribution in [0.5, 0.6) is 5.75 Å². The van der Waals surface area contributed by atoms with Crippen molar-refractivity contribution >= 4 is 73.1 Å². The first kappa shape index (κ1) is 48.7. The summed E-state index contributed by atoms with van der Waals surface area (Å²) in [5.74, 6) is -2.01. The van der Waals surface area contributed by atoms with Gasteiger partial charge < -0.3 is 36.7 Å². The standard InChI is InChI=1S/C51H53N9O6S2/c1-2-11-40(47(63)52-24-25-67-68-51-45-46(54-31-53-45)55-32-56-51)58-49(65)43(29-35-19-22-39(61)23-20-35)60-50(66)42(28-34-14-7-4-8-15-34)59-48(64)41(27-33-12-5-3-6-13-33)57-44(62)30-36-18-21-37-16-9-10-17-38(37)26-36/h3-10,12-23,26,31-32,40-43,61H,2,11,24-25,27-30H2,1H3,(H,52,63)(H,57,62)(H,58,65)(H,59,64)(H,60,66)(H,53,54,55,56). The number of aromatic hydroxyl groups is 1. The first-order chi connectivity index (χ1) is 33.1. The van der Waals surface area contributed by atoms with Gasteiger partial charge in [-0.15, -0.1) is 0 Å².